The Bertz CT molecular complexity index is 632. The van der Waals surface area contributed by atoms with Gasteiger partial charge in [-0.2, -0.15) is 0 Å². The second kappa shape index (κ2) is 6.82. The number of hydrogen-bond donors (Lipinski definition) is 2. The number of nitrogens with one attached hydrogen (secondary N) is 2. The molecular weight excluding hydrogens is 312 g/mol. The summed E-state index contributed by atoms with van der Waals surface area (Å²) in [4.78, 5) is 2.55. The molecule has 110 valence electrons. The zero-order valence-electron chi connectivity index (χ0n) is 11.4. The smallest absolute Gasteiger partial charge is 0.241 e. The molecule has 1 atom stereocenters. The maximum Gasteiger partial charge on any atom is 0.241 e. The van der Waals surface area contributed by atoms with Crippen molar-refractivity contribution in [3.8, 4) is 0 Å². The van der Waals surface area contributed by atoms with E-state index in [2.05, 4.69) is 10.0 Å². The Kier molecular flexibility index (Phi) is 5.34. The Hall–Kier alpha value is -0.730. The minimum atomic E-state index is -3.42. The molecule has 2 N–H and O–H groups in total. The van der Waals surface area contributed by atoms with Crippen LogP contribution in [0.2, 0.25) is 0 Å². The van der Waals surface area contributed by atoms with E-state index in [1.165, 1.54) is 16.2 Å². The van der Waals surface area contributed by atoms with Gasteiger partial charge in [0.1, 0.15) is 0 Å². The predicted octanol–water partition coefficient (Wildman–Crippen LogP) is 2.44. The molecule has 0 amide bonds. The molecule has 0 saturated heterocycles. The fourth-order valence-electron chi connectivity index (χ4n) is 1.87. The van der Waals surface area contributed by atoms with Gasteiger partial charge in [0, 0.05) is 27.7 Å². The second-order valence-electron chi connectivity index (χ2n) is 4.58. The van der Waals surface area contributed by atoms with Crippen LogP contribution in [0.1, 0.15) is 16.7 Å². The van der Waals surface area contributed by atoms with Crippen molar-refractivity contribution >= 4 is 32.7 Å². The van der Waals surface area contributed by atoms with Gasteiger partial charge < -0.3 is 5.32 Å². The maximum absolute atomic E-state index is 12.3. The Morgan fingerprint density at radius 2 is 2.10 bits per heavy atom. The summed E-state index contributed by atoms with van der Waals surface area (Å²) in [6.07, 6.45) is 0.713. The van der Waals surface area contributed by atoms with Crippen LogP contribution < -0.4 is 10.0 Å². The first kappa shape index (κ1) is 15.7. The van der Waals surface area contributed by atoms with E-state index < -0.39 is 10.0 Å². The van der Waals surface area contributed by atoms with Crippen molar-refractivity contribution in [3.05, 3.63) is 38.7 Å². The first-order valence-electron chi connectivity index (χ1n) is 6.28. The Balaban J connectivity index is 2.02. The molecule has 0 radical (unpaired) electrons. The molecule has 1 unspecified atom stereocenters. The highest BCUT2D eigenvalue weighted by atomic mass is 32.2. The average molecular weight is 330 g/mol. The third kappa shape index (κ3) is 4.13. The Labute approximate surface area is 127 Å². The van der Waals surface area contributed by atoms with E-state index in [0.717, 1.165) is 4.88 Å². The van der Waals surface area contributed by atoms with Gasteiger partial charge in [-0.25, -0.2) is 13.1 Å². The second-order valence-corrected chi connectivity index (χ2v) is 8.33. The van der Waals surface area contributed by atoms with E-state index >= 15 is 0 Å². The van der Waals surface area contributed by atoms with Crippen molar-refractivity contribution in [3.63, 3.8) is 0 Å². The molecule has 0 aliphatic carbocycles. The molecule has 20 heavy (non-hydrogen) atoms. The van der Waals surface area contributed by atoms with Gasteiger partial charge in [0.05, 0.1) is 4.90 Å². The SMILES string of the molecule is CNCc1cc(S(=O)(=O)NC(C)Cc2cccs2)cs1. The lowest BCUT2D eigenvalue weighted by atomic mass is 10.2. The third-order valence-corrected chi connectivity index (χ3v) is 6.29. The molecule has 0 aliphatic heterocycles. The molecule has 2 rings (SSSR count). The summed E-state index contributed by atoms with van der Waals surface area (Å²) in [7, 11) is -1.58. The summed E-state index contributed by atoms with van der Waals surface area (Å²) in [5.41, 5.74) is 0. The lowest BCUT2D eigenvalue weighted by molar-refractivity contribution is 0.561. The Morgan fingerprint density at radius 1 is 1.30 bits per heavy atom. The molecule has 0 aliphatic rings. The molecule has 0 bridgehead atoms. The zero-order chi connectivity index (χ0) is 14.6. The molecule has 0 fully saturated rings. The molecular formula is C13H18N2O2S3. The van der Waals surface area contributed by atoms with E-state index in [1.54, 1.807) is 22.8 Å². The van der Waals surface area contributed by atoms with Gasteiger partial charge >= 0.3 is 0 Å². The van der Waals surface area contributed by atoms with Crippen LogP contribution >= 0.6 is 22.7 Å². The van der Waals surface area contributed by atoms with Gasteiger partial charge in [0.25, 0.3) is 0 Å². The van der Waals surface area contributed by atoms with Crippen LogP contribution in [0.15, 0.2) is 33.9 Å². The zero-order valence-corrected chi connectivity index (χ0v) is 13.9. The minimum Gasteiger partial charge on any atom is -0.315 e. The van der Waals surface area contributed by atoms with Crippen LogP contribution in [0.25, 0.3) is 0 Å². The normalized spacial score (nSPS) is 13.5. The molecule has 0 aromatic carbocycles. The van der Waals surface area contributed by atoms with Crippen molar-refractivity contribution in [2.75, 3.05) is 7.05 Å². The van der Waals surface area contributed by atoms with E-state index in [9.17, 15) is 8.42 Å². The first-order valence-corrected chi connectivity index (χ1v) is 9.52. The van der Waals surface area contributed by atoms with Crippen LogP contribution in [0.3, 0.4) is 0 Å². The fourth-order valence-corrected chi connectivity index (χ4v) is 5.24. The Morgan fingerprint density at radius 3 is 2.75 bits per heavy atom. The van der Waals surface area contributed by atoms with Crippen molar-refractivity contribution in [1.29, 1.82) is 0 Å². The van der Waals surface area contributed by atoms with Gasteiger partial charge in [0.15, 0.2) is 0 Å². The lowest BCUT2D eigenvalue weighted by Gasteiger charge is -2.12. The van der Waals surface area contributed by atoms with Crippen molar-refractivity contribution < 1.29 is 8.42 Å². The van der Waals surface area contributed by atoms with Gasteiger partial charge in [0.2, 0.25) is 10.0 Å². The van der Waals surface area contributed by atoms with Crippen LogP contribution in [0.4, 0.5) is 0 Å². The van der Waals surface area contributed by atoms with Crippen molar-refractivity contribution in [2.45, 2.75) is 30.8 Å². The van der Waals surface area contributed by atoms with Gasteiger partial charge in [-0.05, 0) is 37.9 Å². The summed E-state index contributed by atoms with van der Waals surface area (Å²) in [5, 5.41) is 6.70. The number of rotatable bonds is 7. The summed E-state index contributed by atoms with van der Waals surface area (Å²) < 4.78 is 27.3. The number of hydrogen-bond acceptors (Lipinski definition) is 5. The van der Waals surface area contributed by atoms with E-state index in [-0.39, 0.29) is 6.04 Å². The van der Waals surface area contributed by atoms with E-state index in [0.29, 0.717) is 17.9 Å². The van der Waals surface area contributed by atoms with Gasteiger partial charge in [-0.3, -0.25) is 0 Å². The maximum atomic E-state index is 12.3. The van der Waals surface area contributed by atoms with Crippen LogP contribution in [0.5, 0.6) is 0 Å². The molecule has 4 nitrogen and oxygen atoms in total. The van der Waals surface area contributed by atoms with Crippen molar-refractivity contribution in [1.82, 2.24) is 10.0 Å². The van der Waals surface area contributed by atoms with Crippen LogP contribution in [-0.2, 0) is 23.0 Å². The summed E-state index contributed by atoms with van der Waals surface area (Å²) in [5.74, 6) is 0. The fraction of sp³-hybridized carbons (Fsp3) is 0.385. The summed E-state index contributed by atoms with van der Waals surface area (Å²) in [6, 6.07) is 5.60. The first-order chi connectivity index (χ1) is 9.51. The monoisotopic (exact) mass is 330 g/mol. The molecule has 2 aromatic heterocycles. The predicted molar refractivity (Wildman–Crippen MR) is 84.9 cm³/mol. The highest BCUT2D eigenvalue weighted by Gasteiger charge is 2.19. The lowest BCUT2D eigenvalue weighted by Crippen LogP contribution is -2.33. The quantitative estimate of drug-likeness (QED) is 0.820. The highest BCUT2D eigenvalue weighted by molar-refractivity contribution is 7.89. The molecule has 2 heterocycles. The molecule has 2 aromatic rings. The number of thiophene rings is 2. The average Bonchev–Trinajstić information content (AvgIpc) is 3.00. The highest BCUT2D eigenvalue weighted by Crippen LogP contribution is 2.20. The molecule has 7 heteroatoms. The largest absolute Gasteiger partial charge is 0.315 e. The van der Waals surface area contributed by atoms with Gasteiger partial charge in [-0.15, -0.1) is 22.7 Å². The topological polar surface area (TPSA) is 58.2 Å². The van der Waals surface area contributed by atoms with E-state index in [4.69, 9.17) is 0 Å². The standard InChI is InChI=1S/C13H18N2O2S3/c1-10(6-11-4-3-5-18-11)15-20(16,17)13-7-12(8-14-2)19-9-13/h3-5,7,9-10,14-15H,6,8H2,1-2H3. The van der Waals surface area contributed by atoms with Gasteiger partial charge in [-0.1, -0.05) is 6.07 Å². The van der Waals surface area contributed by atoms with E-state index in [1.807, 2.05) is 31.5 Å². The summed E-state index contributed by atoms with van der Waals surface area (Å²) in [6.45, 7) is 2.57. The van der Waals surface area contributed by atoms with Crippen LogP contribution in [0, 0.1) is 0 Å². The summed E-state index contributed by atoms with van der Waals surface area (Å²) >= 11 is 3.10. The molecule has 0 spiro atoms. The van der Waals surface area contributed by atoms with Crippen LogP contribution in [-0.4, -0.2) is 21.5 Å². The molecule has 0 saturated carbocycles. The van der Waals surface area contributed by atoms with Crippen molar-refractivity contribution in [2.24, 2.45) is 0 Å². The number of sulfonamides is 1. The minimum absolute atomic E-state index is 0.119. The third-order valence-electron chi connectivity index (χ3n) is 2.73.